The molecule has 4 rings (SSSR count). The van der Waals surface area contributed by atoms with Crippen molar-refractivity contribution in [1.29, 1.82) is 0 Å². The van der Waals surface area contributed by atoms with Crippen LogP contribution in [0.2, 0.25) is 5.02 Å². The molecule has 3 nitrogen and oxygen atoms in total. The van der Waals surface area contributed by atoms with Crippen molar-refractivity contribution in [2.45, 2.75) is 5.37 Å². The van der Waals surface area contributed by atoms with Crippen molar-refractivity contribution in [2.75, 3.05) is 10.7 Å². The van der Waals surface area contributed by atoms with E-state index in [1.54, 1.807) is 23.9 Å². The number of carbonyl (C=O) groups is 1. The largest absolute Gasteiger partial charge is 0.457 e. The van der Waals surface area contributed by atoms with Gasteiger partial charge in [0.05, 0.1) is 5.75 Å². The quantitative estimate of drug-likeness (QED) is 0.435. The fourth-order valence-corrected chi connectivity index (χ4v) is 4.63. The molecule has 1 fully saturated rings. The Morgan fingerprint density at radius 3 is 2.33 bits per heavy atom. The number of rotatable bonds is 4. The van der Waals surface area contributed by atoms with E-state index in [1.165, 1.54) is 0 Å². The molecule has 3 aromatic rings. The van der Waals surface area contributed by atoms with Gasteiger partial charge in [-0.1, -0.05) is 39.7 Å². The van der Waals surface area contributed by atoms with Gasteiger partial charge in [-0.3, -0.25) is 9.69 Å². The molecule has 6 heteroatoms. The average molecular weight is 461 g/mol. The summed E-state index contributed by atoms with van der Waals surface area (Å²) in [6.07, 6.45) is 0. The highest BCUT2D eigenvalue weighted by molar-refractivity contribution is 9.10. The summed E-state index contributed by atoms with van der Waals surface area (Å²) in [4.78, 5) is 14.3. The maximum Gasteiger partial charge on any atom is 0.238 e. The van der Waals surface area contributed by atoms with E-state index in [0.717, 1.165) is 15.7 Å². The summed E-state index contributed by atoms with van der Waals surface area (Å²) in [6, 6.07) is 22.9. The molecular weight excluding hydrogens is 446 g/mol. The Kier molecular flexibility index (Phi) is 5.43. The molecule has 1 amide bonds. The standard InChI is InChI=1S/C21H15BrClNO2S/c22-15-3-1-2-14(12-15)21-24(20(25)13-27-21)17-6-10-19(11-7-17)26-18-8-4-16(23)5-9-18/h1-12,21H,13H2. The van der Waals surface area contributed by atoms with Crippen molar-refractivity contribution >= 4 is 50.9 Å². The highest BCUT2D eigenvalue weighted by atomic mass is 79.9. The second kappa shape index (κ2) is 7.97. The van der Waals surface area contributed by atoms with Crippen LogP contribution >= 0.6 is 39.3 Å². The predicted molar refractivity (Wildman–Crippen MR) is 115 cm³/mol. The molecule has 0 spiro atoms. The second-order valence-corrected chi connectivity index (χ2v) is 8.45. The fraction of sp³-hybridized carbons (Fsp3) is 0.0952. The van der Waals surface area contributed by atoms with E-state index in [0.29, 0.717) is 22.3 Å². The van der Waals surface area contributed by atoms with Gasteiger partial charge < -0.3 is 4.74 Å². The number of halogens is 2. The summed E-state index contributed by atoms with van der Waals surface area (Å²) in [5.41, 5.74) is 1.96. The number of nitrogens with zero attached hydrogens (tertiary/aromatic N) is 1. The van der Waals surface area contributed by atoms with E-state index in [1.807, 2.05) is 59.5 Å². The summed E-state index contributed by atoms with van der Waals surface area (Å²) in [5, 5.41) is 0.638. The number of anilines is 1. The van der Waals surface area contributed by atoms with Gasteiger partial charge in [-0.25, -0.2) is 0 Å². The number of amides is 1. The van der Waals surface area contributed by atoms with Crippen molar-refractivity contribution < 1.29 is 9.53 Å². The third kappa shape index (κ3) is 4.15. The molecule has 1 saturated heterocycles. The Balaban J connectivity index is 1.56. The number of thioether (sulfide) groups is 1. The van der Waals surface area contributed by atoms with Crippen LogP contribution in [0.1, 0.15) is 10.9 Å². The summed E-state index contributed by atoms with van der Waals surface area (Å²) in [5.74, 6) is 2.00. The zero-order chi connectivity index (χ0) is 18.8. The minimum Gasteiger partial charge on any atom is -0.457 e. The lowest BCUT2D eigenvalue weighted by molar-refractivity contribution is -0.115. The van der Waals surface area contributed by atoms with Crippen LogP contribution in [0, 0.1) is 0 Å². The highest BCUT2D eigenvalue weighted by Crippen LogP contribution is 2.42. The van der Waals surface area contributed by atoms with Crippen LogP contribution in [0.25, 0.3) is 0 Å². The van der Waals surface area contributed by atoms with Crippen molar-refractivity contribution in [1.82, 2.24) is 0 Å². The summed E-state index contributed by atoms with van der Waals surface area (Å²) in [7, 11) is 0. The van der Waals surface area contributed by atoms with Crippen LogP contribution in [-0.2, 0) is 4.79 Å². The zero-order valence-electron chi connectivity index (χ0n) is 14.1. The van der Waals surface area contributed by atoms with Gasteiger partial charge in [-0.05, 0) is 66.2 Å². The lowest BCUT2D eigenvalue weighted by Crippen LogP contribution is -2.27. The van der Waals surface area contributed by atoms with E-state index in [-0.39, 0.29) is 11.3 Å². The highest BCUT2D eigenvalue weighted by Gasteiger charge is 2.34. The van der Waals surface area contributed by atoms with Crippen LogP contribution in [0.15, 0.2) is 77.3 Å². The summed E-state index contributed by atoms with van der Waals surface area (Å²) < 4.78 is 6.84. The lowest BCUT2D eigenvalue weighted by atomic mass is 10.2. The number of ether oxygens (including phenoxy) is 1. The molecule has 1 heterocycles. The van der Waals surface area contributed by atoms with Crippen LogP contribution in [-0.4, -0.2) is 11.7 Å². The van der Waals surface area contributed by atoms with Gasteiger partial charge in [0.25, 0.3) is 0 Å². The van der Waals surface area contributed by atoms with Gasteiger partial charge >= 0.3 is 0 Å². The summed E-state index contributed by atoms with van der Waals surface area (Å²) >= 11 is 11.0. The first-order valence-corrected chi connectivity index (χ1v) is 10.5. The zero-order valence-corrected chi connectivity index (χ0v) is 17.3. The molecule has 3 aromatic carbocycles. The van der Waals surface area contributed by atoms with Gasteiger partial charge in [0, 0.05) is 15.2 Å². The predicted octanol–water partition coefficient (Wildman–Crippen LogP) is 6.67. The Bertz CT molecular complexity index is 963. The Labute approximate surface area is 175 Å². The van der Waals surface area contributed by atoms with Crippen molar-refractivity contribution in [3.63, 3.8) is 0 Å². The van der Waals surface area contributed by atoms with Crippen molar-refractivity contribution in [2.24, 2.45) is 0 Å². The molecule has 1 unspecified atom stereocenters. The van der Waals surface area contributed by atoms with Gasteiger partial charge in [0.1, 0.15) is 16.9 Å². The molecule has 0 saturated carbocycles. The molecule has 0 N–H and O–H groups in total. The van der Waals surface area contributed by atoms with E-state index in [9.17, 15) is 4.79 Å². The lowest BCUT2D eigenvalue weighted by Gasteiger charge is -2.24. The molecule has 1 aliphatic heterocycles. The average Bonchev–Trinajstić information content (AvgIpc) is 3.06. The van der Waals surface area contributed by atoms with Gasteiger partial charge in [0.2, 0.25) is 5.91 Å². The Hall–Kier alpha value is -1.95. The minimum atomic E-state index is -0.0296. The molecule has 0 bridgehead atoms. The third-order valence-electron chi connectivity index (χ3n) is 4.17. The number of hydrogen-bond donors (Lipinski definition) is 0. The van der Waals surface area contributed by atoms with Crippen LogP contribution in [0.5, 0.6) is 11.5 Å². The Morgan fingerprint density at radius 1 is 1.00 bits per heavy atom. The maximum absolute atomic E-state index is 12.5. The fourth-order valence-electron chi connectivity index (χ4n) is 2.92. The molecule has 1 aliphatic rings. The normalized spacial score (nSPS) is 16.6. The smallest absolute Gasteiger partial charge is 0.238 e. The first kappa shape index (κ1) is 18.4. The Morgan fingerprint density at radius 2 is 1.67 bits per heavy atom. The molecule has 0 aliphatic carbocycles. The molecule has 27 heavy (non-hydrogen) atoms. The van der Waals surface area contributed by atoms with E-state index in [4.69, 9.17) is 16.3 Å². The molecule has 0 radical (unpaired) electrons. The first-order chi connectivity index (χ1) is 13.1. The van der Waals surface area contributed by atoms with Gasteiger partial charge in [-0.15, -0.1) is 11.8 Å². The minimum absolute atomic E-state index is 0.0296. The molecule has 1 atom stereocenters. The second-order valence-electron chi connectivity index (χ2n) is 6.03. The third-order valence-corrected chi connectivity index (χ3v) is 6.12. The molecule has 136 valence electrons. The maximum atomic E-state index is 12.5. The van der Waals surface area contributed by atoms with E-state index < -0.39 is 0 Å². The van der Waals surface area contributed by atoms with Crippen molar-refractivity contribution in [3.8, 4) is 11.5 Å². The van der Waals surface area contributed by atoms with Crippen LogP contribution in [0.4, 0.5) is 5.69 Å². The molecule has 0 aromatic heterocycles. The van der Waals surface area contributed by atoms with Gasteiger partial charge in [-0.2, -0.15) is 0 Å². The number of carbonyl (C=O) groups excluding carboxylic acids is 1. The van der Waals surface area contributed by atoms with Crippen LogP contribution < -0.4 is 9.64 Å². The number of hydrogen-bond acceptors (Lipinski definition) is 3. The van der Waals surface area contributed by atoms with Gasteiger partial charge in [0.15, 0.2) is 0 Å². The van der Waals surface area contributed by atoms with Crippen LogP contribution in [0.3, 0.4) is 0 Å². The first-order valence-electron chi connectivity index (χ1n) is 8.33. The topological polar surface area (TPSA) is 29.5 Å². The monoisotopic (exact) mass is 459 g/mol. The summed E-state index contributed by atoms with van der Waals surface area (Å²) in [6.45, 7) is 0. The molecular formula is C21H15BrClNO2S. The van der Waals surface area contributed by atoms with E-state index in [2.05, 4.69) is 22.0 Å². The van der Waals surface area contributed by atoms with E-state index >= 15 is 0 Å². The number of benzene rings is 3. The van der Waals surface area contributed by atoms with Crippen molar-refractivity contribution in [3.05, 3.63) is 87.9 Å². The SMILES string of the molecule is O=C1CSC(c2cccc(Br)c2)N1c1ccc(Oc2ccc(Cl)cc2)cc1.